The Morgan fingerprint density at radius 3 is 2.79 bits per heavy atom. The number of pyridine rings is 1. The zero-order valence-corrected chi connectivity index (χ0v) is 14.8. The standard InChI is InChI=1S/C19H18F4N4O/c20-14-9-26-17-13(3-5-24-17)16(14)12-7-15(25-8-12)18(28)27(10-11-1-2-11)6-4-19(21,22)23/h3,5,7-9,11,25H,1-2,4,6,10H2,(H,24,26). The van der Waals surface area contributed by atoms with E-state index in [1.54, 1.807) is 12.3 Å². The van der Waals surface area contributed by atoms with Crippen molar-refractivity contribution >= 4 is 16.9 Å². The molecule has 3 aromatic heterocycles. The Balaban J connectivity index is 1.60. The van der Waals surface area contributed by atoms with E-state index in [4.69, 9.17) is 0 Å². The van der Waals surface area contributed by atoms with Crippen LogP contribution in [-0.2, 0) is 0 Å². The van der Waals surface area contributed by atoms with Crippen LogP contribution in [-0.4, -0.2) is 45.0 Å². The van der Waals surface area contributed by atoms with Crippen molar-refractivity contribution in [2.24, 2.45) is 5.92 Å². The fraction of sp³-hybridized carbons (Fsp3) is 0.368. The van der Waals surface area contributed by atoms with E-state index in [9.17, 15) is 22.4 Å². The fourth-order valence-corrected chi connectivity index (χ4v) is 3.26. The number of amides is 1. The second-order valence-electron chi connectivity index (χ2n) is 7.08. The number of alkyl halides is 3. The summed E-state index contributed by atoms with van der Waals surface area (Å²) in [6, 6.07) is 3.15. The molecule has 3 heterocycles. The van der Waals surface area contributed by atoms with Crippen molar-refractivity contribution in [3.63, 3.8) is 0 Å². The zero-order chi connectivity index (χ0) is 19.9. The third-order valence-corrected chi connectivity index (χ3v) is 4.87. The highest BCUT2D eigenvalue weighted by Crippen LogP contribution is 2.33. The maximum absolute atomic E-state index is 14.4. The largest absolute Gasteiger partial charge is 0.390 e. The maximum atomic E-state index is 14.4. The van der Waals surface area contributed by atoms with E-state index < -0.39 is 30.9 Å². The molecule has 148 valence electrons. The van der Waals surface area contributed by atoms with Crippen LogP contribution < -0.4 is 0 Å². The van der Waals surface area contributed by atoms with Crippen molar-refractivity contribution in [1.82, 2.24) is 19.9 Å². The van der Waals surface area contributed by atoms with E-state index in [-0.39, 0.29) is 17.2 Å². The Morgan fingerprint density at radius 2 is 2.07 bits per heavy atom. The van der Waals surface area contributed by atoms with Crippen LogP contribution in [0.5, 0.6) is 0 Å². The number of fused-ring (bicyclic) bond motifs is 1. The van der Waals surface area contributed by atoms with Crippen LogP contribution in [0.3, 0.4) is 0 Å². The summed E-state index contributed by atoms with van der Waals surface area (Å²) in [6.45, 7) is -0.0895. The van der Waals surface area contributed by atoms with E-state index in [0.717, 1.165) is 19.0 Å². The second-order valence-corrected chi connectivity index (χ2v) is 7.08. The summed E-state index contributed by atoms with van der Waals surface area (Å²) < 4.78 is 52.3. The van der Waals surface area contributed by atoms with Gasteiger partial charge in [0.25, 0.3) is 5.91 Å². The van der Waals surface area contributed by atoms with Gasteiger partial charge in [0, 0.05) is 42.0 Å². The predicted octanol–water partition coefficient (Wildman–Crippen LogP) is 4.50. The molecule has 0 saturated heterocycles. The van der Waals surface area contributed by atoms with E-state index in [1.165, 1.54) is 17.2 Å². The lowest BCUT2D eigenvalue weighted by atomic mass is 10.1. The van der Waals surface area contributed by atoms with Gasteiger partial charge in [-0.1, -0.05) is 0 Å². The Morgan fingerprint density at radius 1 is 1.29 bits per heavy atom. The average molecular weight is 394 g/mol. The lowest BCUT2D eigenvalue weighted by molar-refractivity contribution is -0.136. The number of aromatic nitrogens is 3. The molecular formula is C19H18F4N4O. The SMILES string of the molecule is O=C(c1cc(-c2c(F)cnc3[nH]ccc23)c[nH]1)N(CCC(F)(F)F)CC1CC1. The molecule has 9 heteroatoms. The molecule has 0 aromatic carbocycles. The highest BCUT2D eigenvalue weighted by Gasteiger charge is 2.32. The first kappa shape index (κ1) is 18.5. The van der Waals surface area contributed by atoms with Gasteiger partial charge >= 0.3 is 6.18 Å². The molecule has 3 aromatic rings. The molecule has 0 unspecified atom stereocenters. The smallest absolute Gasteiger partial charge is 0.357 e. The number of rotatable bonds is 6. The third kappa shape index (κ3) is 3.88. The van der Waals surface area contributed by atoms with Gasteiger partial charge in [-0.25, -0.2) is 9.37 Å². The van der Waals surface area contributed by atoms with Crippen LogP contribution in [0.25, 0.3) is 22.2 Å². The Hall–Kier alpha value is -2.84. The van der Waals surface area contributed by atoms with Crippen LogP contribution >= 0.6 is 0 Å². The number of hydrogen-bond acceptors (Lipinski definition) is 2. The van der Waals surface area contributed by atoms with Crippen LogP contribution in [0.4, 0.5) is 17.6 Å². The Kier molecular flexibility index (Phi) is 4.60. The first-order chi connectivity index (χ1) is 13.3. The van der Waals surface area contributed by atoms with Crippen molar-refractivity contribution in [2.75, 3.05) is 13.1 Å². The molecular weight excluding hydrogens is 376 g/mol. The number of nitrogens with one attached hydrogen (secondary N) is 2. The highest BCUT2D eigenvalue weighted by atomic mass is 19.4. The number of hydrogen-bond donors (Lipinski definition) is 2. The number of halogens is 4. The Bertz CT molecular complexity index is 1000. The molecule has 28 heavy (non-hydrogen) atoms. The average Bonchev–Trinajstić information content (AvgIpc) is 3.12. The Labute approximate surface area is 157 Å². The molecule has 0 bridgehead atoms. The summed E-state index contributed by atoms with van der Waals surface area (Å²) >= 11 is 0. The molecule has 2 N–H and O–H groups in total. The monoisotopic (exact) mass is 394 g/mol. The summed E-state index contributed by atoms with van der Waals surface area (Å²) in [5.41, 5.74) is 1.37. The molecule has 5 nitrogen and oxygen atoms in total. The summed E-state index contributed by atoms with van der Waals surface area (Å²) in [5, 5.41) is 0.560. The number of carbonyl (C=O) groups is 1. The molecule has 1 amide bonds. The molecule has 4 rings (SSSR count). The molecule has 0 atom stereocenters. The van der Waals surface area contributed by atoms with Crippen molar-refractivity contribution < 1.29 is 22.4 Å². The van der Waals surface area contributed by atoms with E-state index in [1.807, 2.05) is 0 Å². The minimum atomic E-state index is -4.33. The zero-order valence-electron chi connectivity index (χ0n) is 14.8. The fourth-order valence-electron chi connectivity index (χ4n) is 3.26. The van der Waals surface area contributed by atoms with Crippen LogP contribution in [0.15, 0.2) is 30.7 Å². The number of carbonyl (C=O) groups excluding carboxylic acids is 1. The van der Waals surface area contributed by atoms with Gasteiger partial charge in [-0.3, -0.25) is 4.79 Å². The number of aromatic amines is 2. The third-order valence-electron chi connectivity index (χ3n) is 4.87. The van der Waals surface area contributed by atoms with Gasteiger partial charge in [0.05, 0.1) is 12.6 Å². The molecule has 0 radical (unpaired) electrons. The van der Waals surface area contributed by atoms with Gasteiger partial charge in [0.1, 0.15) is 17.2 Å². The summed E-state index contributed by atoms with van der Waals surface area (Å²) in [5.74, 6) is -0.803. The summed E-state index contributed by atoms with van der Waals surface area (Å²) in [7, 11) is 0. The van der Waals surface area contributed by atoms with Crippen LogP contribution in [0, 0.1) is 11.7 Å². The van der Waals surface area contributed by atoms with Crippen molar-refractivity contribution in [3.05, 3.63) is 42.2 Å². The molecule has 1 fully saturated rings. The normalized spacial score (nSPS) is 14.6. The topological polar surface area (TPSA) is 64.8 Å². The molecule has 1 aliphatic rings. The quantitative estimate of drug-likeness (QED) is 0.605. The minimum Gasteiger partial charge on any atom is -0.357 e. The first-order valence-corrected chi connectivity index (χ1v) is 8.98. The first-order valence-electron chi connectivity index (χ1n) is 8.98. The van der Waals surface area contributed by atoms with Gasteiger partial charge in [0.2, 0.25) is 0 Å². The second kappa shape index (κ2) is 6.96. The molecule has 1 saturated carbocycles. The van der Waals surface area contributed by atoms with Crippen LogP contribution in [0.1, 0.15) is 29.8 Å². The molecule has 1 aliphatic carbocycles. The van der Waals surface area contributed by atoms with Crippen LogP contribution in [0.2, 0.25) is 0 Å². The van der Waals surface area contributed by atoms with Gasteiger partial charge in [-0.05, 0) is 30.9 Å². The van der Waals surface area contributed by atoms with Gasteiger partial charge in [-0.2, -0.15) is 13.2 Å². The number of nitrogens with zero attached hydrogens (tertiary/aromatic N) is 2. The summed E-state index contributed by atoms with van der Waals surface area (Å²) in [4.78, 5) is 23.7. The lowest BCUT2D eigenvalue weighted by Gasteiger charge is -2.22. The van der Waals surface area contributed by atoms with E-state index >= 15 is 0 Å². The molecule has 0 aliphatic heterocycles. The summed E-state index contributed by atoms with van der Waals surface area (Å²) in [6.07, 6.45) is 0.653. The molecule has 0 spiro atoms. The van der Waals surface area contributed by atoms with E-state index in [0.29, 0.717) is 23.1 Å². The van der Waals surface area contributed by atoms with Crippen molar-refractivity contribution in [1.29, 1.82) is 0 Å². The van der Waals surface area contributed by atoms with Gasteiger partial charge < -0.3 is 14.9 Å². The van der Waals surface area contributed by atoms with E-state index in [2.05, 4.69) is 15.0 Å². The highest BCUT2D eigenvalue weighted by molar-refractivity contribution is 5.97. The predicted molar refractivity (Wildman–Crippen MR) is 95.1 cm³/mol. The van der Waals surface area contributed by atoms with Gasteiger partial charge in [0.15, 0.2) is 0 Å². The lowest BCUT2D eigenvalue weighted by Crippen LogP contribution is -2.36. The van der Waals surface area contributed by atoms with Crippen molar-refractivity contribution in [3.8, 4) is 11.1 Å². The minimum absolute atomic E-state index is 0.137. The number of H-pyrrole nitrogens is 2. The maximum Gasteiger partial charge on any atom is 0.390 e. The van der Waals surface area contributed by atoms with Crippen molar-refractivity contribution in [2.45, 2.75) is 25.4 Å². The van der Waals surface area contributed by atoms with Gasteiger partial charge in [-0.15, -0.1) is 0 Å².